The van der Waals surface area contributed by atoms with Crippen molar-refractivity contribution in [2.45, 2.75) is 12.8 Å². The summed E-state index contributed by atoms with van der Waals surface area (Å²) in [7, 11) is 0. The summed E-state index contributed by atoms with van der Waals surface area (Å²) in [6.07, 6.45) is 3.20. The quantitative estimate of drug-likeness (QED) is 0.740. The SMILES string of the molecule is O=C(C1=COCCC1)c1cc2ccccc2o1. The zero-order chi connectivity index (χ0) is 11.7. The summed E-state index contributed by atoms with van der Waals surface area (Å²) in [6.45, 7) is 0.691. The van der Waals surface area contributed by atoms with E-state index in [1.54, 1.807) is 12.3 Å². The van der Waals surface area contributed by atoms with Crippen LogP contribution < -0.4 is 0 Å². The fourth-order valence-electron chi connectivity index (χ4n) is 1.98. The van der Waals surface area contributed by atoms with E-state index in [1.807, 2.05) is 24.3 Å². The maximum atomic E-state index is 12.1. The predicted octanol–water partition coefficient (Wildman–Crippen LogP) is 3.31. The Hall–Kier alpha value is -2.03. The molecule has 0 bridgehead atoms. The molecule has 0 atom stereocenters. The van der Waals surface area contributed by atoms with Crippen LogP contribution in [0.3, 0.4) is 0 Å². The second-order valence-corrected chi connectivity index (χ2v) is 4.10. The lowest BCUT2D eigenvalue weighted by Crippen LogP contribution is -2.08. The van der Waals surface area contributed by atoms with Crippen LogP contribution in [0, 0.1) is 0 Å². The van der Waals surface area contributed by atoms with E-state index in [1.165, 1.54) is 0 Å². The van der Waals surface area contributed by atoms with Crippen molar-refractivity contribution in [3.8, 4) is 0 Å². The van der Waals surface area contributed by atoms with Gasteiger partial charge in [-0.25, -0.2) is 0 Å². The Kier molecular flexibility index (Phi) is 2.44. The molecular formula is C14H12O3. The molecule has 3 rings (SSSR count). The molecule has 0 aliphatic carbocycles. The molecule has 3 heteroatoms. The van der Waals surface area contributed by atoms with Crippen molar-refractivity contribution in [1.29, 1.82) is 0 Å². The van der Waals surface area contributed by atoms with Crippen LogP contribution in [0.5, 0.6) is 0 Å². The molecule has 0 spiro atoms. The van der Waals surface area contributed by atoms with E-state index in [2.05, 4.69) is 0 Å². The lowest BCUT2D eigenvalue weighted by Gasteiger charge is -2.10. The van der Waals surface area contributed by atoms with E-state index < -0.39 is 0 Å². The van der Waals surface area contributed by atoms with E-state index >= 15 is 0 Å². The number of carbonyl (C=O) groups excluding carboxylic acids is 1. The summed E-state index contributed by atoms with van der Waals surface area (Å²) < 4.78 is 10.7. The summed E-state index contributed by atoms with van der Waals surface area (Å²) in [6, 6.07) is 9.39. The lowest BCUT2D eigenvalue weighted by molar-refractivity contribution is 0.0986. The van der Waals surface area contributed by atoms with Crippen molar-refractivity contribution >= 4 is 16.8 Å². The van der Waals surface area contributed by atoms with E-state index in [-0.39, 0.29) is 5.78 Å². The molecule has 17 heavy (non-hydrogen) atoms. The van der Waals surface area contributed by atoms with E-state index in [0.29, 0.717) is 17.9 Å². The van der Waals surface area contributed by atoms with Crippen LogP contribution in [0.2, 0.25) is 0 Å². The highest BCUT2D eigenvalue weighted by Gasteiger charge is 2.19. The van der Waals surface area contributed by atoms with E-state index in [4.69, 9.17) is 9.15 Å². The number of carbonyl (C=O) groups is 1. The van der Waals surface area contributed by atoms with Crippen molar-refractivity contribution in [2.75, 3.05) is 6.61 Å². The van der Waals surface area contributed by atoms with Gasteiger partial charge in [-0.1, -0.05) is 18.2 Å². The molecule has 1 aromatic carbocycles. The van der Waals surface area contributed by atoms with Crippen LogP contribution in [0.25, 0.3) is 11.0 Å². The summed E-state index contributed by atoms with van der Waals surface area (Å²) >= 11 is 0. The number of hydrogen-bond donors (Lipinski definition) is 0. The predicted molar refractivity (Wildman–Crippen MR) is 63.8 cm³/mol. The molecule has 1 aliphatic heterocycles. The fraction of sp³-hybridized carbons (Fsp3) is 0.214. The number of ketones is 1. The monoisotopic (exact) mass is 228 g/mol. The van der Waals surface area contributed by atoms with Gasteiger partial charge in [0.05, 0.1) is 12.9 Å². The third-order valence-electron chi connectivity index (χ3n) is 2.87. The first-order valence-corrected chi connectivity index (χ1v) is 5.68. The number of Topliss-reactive ketones (excluding diaryl/α,β-unsaturated/α-hetero) is 1. The summed E-state index contributed by atoms with van der Waals surface area (Å²) in [5, 5.41) is 0.952. The van der Waals surface area contributed by atoms with Crippen molar-refractivity contribution < 1.29 is 13.9 Å². The second kappa shape index (κ2) is 4.09. The molecule has 0 saturated heterocycles. The van der Waals surface area contributed by atoms with Crippen LogP contribution in [-0.2, 0) is 4.74 Å². The van der Waals surface area contributed by atoms with Gasteiger partial charge >= 0.3 is 0 Å². The molecule has 86 valence electrons. The average molecular weight is 228 g/mol. The number of para-hydroxylation sites is 1. The lowest BCUT2D eigenvalue weighted by atomic mass is 10.0. The van der Waals surface area contributed by atoms with Gasteiger partial charge in [0.25, 0.3) is 0 Å². The topological polar surface area (TPSA) is 39.4 Å². The molecule has 0 radical (unpaired) electrons. The minimum absolute atomic E-state index is 0.0686. The zero-order valence-electron chi connectivity index (χ0n) is 9.31. The first-order valence-electron chi connectivity index (χ1n) is 5.68. The van der Waals surface area contributed by atoms with Gasteiger partial charge in [-0.3, -0.25) is 4.79 Å². The molecule has 0 amide bonds. The molecule has 1 aliphatic rings. The number of furan rings is 1. The number of ether oxygens (including phenoxy) is 1. The average Bonchev–Trinajstić information content (AvgIpc) is 2.82. The number of rotatable bonds is 2. The van der Waals surface area contributed by atoms with E-state index in [9.17, 15) is 4.79 Å². The third kappa shape index (κ3) is 1.84. The van der Waals surface area contributed by atoms with Gasteiger partial charge in [0, 0.05) is 11.0 Å². The van der Waals surface area contributed by atoms with Crippen molar-refractivity contribution in [1.82, 2.24) is 0 Å². The van der Waals surface area contributed by atoms with Gasteiger partial charge in [-0.05, 0) is 25.0 Å². The van der Waals surface area contributed by atoms with Crippen molar-refractivity contribution in [2.24, 2.45) is 0 Å². The maximum absolute atomic E-state index is 12.1. The standard InChI is InChI=1S/C14H12O3/c15-14(11-5-3-7-16-9-11)13-8-10-4-1-2-6-12(10)17-13/h1-2,4,6,8-9H,3,5,7H2. The highest BCUT2D eigenvalue weighted by molar-refractivity contribution is 6.08. The minimum Gasteiger partial charge on any atom is -0.501 e. The number of benzene rings is 1. The van der Waals surface area contributed by atoms with Crippen LogP contribution in [0.1, 0.15) is 23.4 Å². The van der Waals surface area contributed by atoms with Gasteiger partial charge in [0.2, 0.25) is 5.78 Å². The normalized spacial score (nSPS) is 15.4. The third-order valence-corrected chi connectivity index (χ3v) is 2.87. The maximum Gasteiger partial charge on any atom is 0.227 e. The Morgan fingerprint density at radius 2 is 2.12 bits per heavy atom. The second-order valence-electron chi connectivity index (χ2n) is 4.10. The Balaban J connectivity index is 1.98. The Bertz CT molecular complexity index is 559. The molecule has 0 unspecified atom stereocenters. The first-order chi connectivity index (χ1) is 8.34. The number of allylic oxidation sites excluding steroid dienone is 1. The number of hydrogen-bond acceptors (Lipinski definition) is 3. The number of fused-ring (bicyclic) bond motifs is 1. The minimum atomic E-state index is -0.0686. The molecule has 1 aromatic heterocycles. The molecule has 0 fully saturated rings. The Labute approximate surface area is 98.7 Å². The van der Waals surface area contributed by atoms with Crippen LogP contribution in [-0.4, -0.2) is 12.4 Å². The van der Waals surface area contributed by atoms with Gasteiger partial charge in [0.15, 0.2) is 5.76 Å². The molecule has 2 aromatic rings. The Morgan fingerprint density at radius 3 is 2.88 bits per heavy atom. The summed E-state index contributed by atoms with van der Waals surface area (Å²) in [5.41, 5.74) is 1.43. The molecular weight excluding hydrogens is 216 g/mol. The molecule has 2 heterocycles. The van der Waals surface area contributed by atoms with Gasteiger partial charge in [-0.2, -0.15) is 0 Å². The fourth-order valence-corrected chi connectivity index (χ4v) is 1.98. The molecule has 0 N–H and O–H groups in total. The smallest absolute Gasteiger partial charge is 0.227 e. The largest absolute Gasteiger partial charge is 0.501 e. The zero-order valence-corrected chi connectivity index (χ0v) is 9.31. The van der Waals surface area contributed by atoms with Crippen LogP contribution in [0.4, 0.5) is 0 Å². The molecule has 0 saturated carbocycles. The van der Waals surface area contributed by atoms with Crippen LogP contribution >= 0.6 is 0 Å². The highest BCUT2D eigenvalue weighted by atomic mass is 16.5. The first kappa shape index (κ1) is 10.1. The highest BCUT2D eigenvalue weighted by Crippen LogP contribution is 2.23. The van der Waals surface area contributed by atoms with Crippen molar-refractivity contribution in [3.63, 3.8) is 0 Å². The Morgan fingerprint density at radius 1 is 1.24 bits per heavy atom. The van der Waals surface area contributed by atoms with Crippen molar-refractivity contribution in [3.05, 3.63) is 47.9 Å². The summed E-state index contributed by atoms with van der Waals surface area (Å²) in [5.74, 6) is 0.323. The van der Waals surface area contributed by atoms with Gasteiger partial charge < -0.3 is 9.15 Å². The van der Waals surface area contributed by atoms with E-state index in [0.717, 1.165) is 23.8 Å². The van der Waals surface area contributed by atoms with Gasteiger partial charge in [-0.15, -0.1) is 0 Å². The molecule has 3 nitrogen and oxygen atoms in total. The summed E-state index contributed by atoms with van der Waals surface area (Å²) in [4.78, 5) is 12.1. The van der Waals surface area contributed by atoms with Gasteiger partial charge in [0.1, 0.15) is 5.58 Å². The van der Waals surface area contributed by atoms with Crippen LogP contribution in [0.15, 0.2) is 46.6 Å².